The Balaban J connectivity index is 1.93. The summed E-state index contributed by atoms with van der Waals surface area (Å²) >= 11 is 0. The third-order valence-electron chi connectivity index (χ3n) is 3.13. The van der Waals surface area contributed by atoms with Crippen molar-refractivity contribution >= 4 is 5.78 Å². The molecule has 2 aromatic heterocycles. The van der Waals surface area contributed by atoms with Crippen molar-refractivity contribution in [3.63, 3.8) is 0 Å². The third-order valence-corrected chi connectivity index (χ3v) is 3.13. The summed E-state index contributed by atoms with van der Waals surface area (Å²) in [5.41, 5.74) is 3.48. The molecule has 0 fully saturated rings. The molecule has 0 aliphatic heterocycles. The van der Waals surface area contributed by atoms with Crippen LogP contribution in [-0.4, -0.2) is 14.4 Å². The van der Waals surface area contributed by atoms with Gasteiger partial charge in [-0.15, -0.1) is 0 Å². The molecule has 0 atom stereocenters. The standard InChI is InChI=1S/C16H17N3/c1-12(2)10-13-4-6-14(7-5-13)15-11-19-9-3-8-17-16(19)18-15/h3-9,11-12H,10H2,1-2H3. The molecule has 0 aliphatic carbocycles. The van der Waals surface area contributed by atoms with E-state index >= 15 is 0 Å². The number of rotatable bonds is 3. The molecule has 0 unspecified atom stereocenters. The minimum atomic E-state index is 0.685. The molecule has 0 spiro atoms. The predicted octanol–water partition coefficient (Wildman–Crippen LogP) is 3.59. The Morgan fingerprint density at radius 2 is 1.95 bits per heavy atom. The SMILES string of the molecule is CC(C)Cc1ccc(-c2cn3cccnc3n2)cc1. The number of imidazole rings is 1. The highest BCUT2D eigenvalue weighted by atomic mass is 15.1. The van der Waals surface area contributed by atoms with Gasteiger partial charge in [-0.1, -0.05) is 38.1 Å². The second kappa shape index (κ2) is 4.84. The van der Waals surface area contributed by atoms with Crippen molar-refractivity contribution < 1.29 is 0 Å². The van der Waals surface area contributed by atoms with Gasteiger partial charge in [-0.25, -0.2) is 9.97 Å². The lowest BCUT2D eigenvalue weighted by atomic mass is 10.0. The number of hydrogen-bond donors (Lipinski definition) is 0. The Kier molecular flexibility index (Phi) is 3.03. The summed E-state index contributed by atoms with van der Waals surface area (Å²) in [6.45, 7) is 4.48. The molecular formula is C16H17N3. The van der Waals surface area contributed by atoms with Gasteiger partial charge < -0.3 is 0 Å². The zero-order valence-electron chi connectivity index (χ0n) is 11.2. The van der Waals surface area contributed by atoms with Crippen LogP contribution in [0.3, 0.4) is 0 Å². The molecule has 0 amide bonds. The lowest BCUT2D eigenvalue weighted by Crippen LogP contribution is -1.93. The van der Waals surface area contributed by atoms with E-state index in [4.69, 9.17) is 0 Å². The van der Waals surface area contributed by atoms with E-state index in [1.54, 1.807) is 6.20 Å². The van der Waals surface area contributed by atoms with Gasteiger partial charge >= 0.3 is 0 Å². The van der Waals surface area contributed by atoms with Crippen molar-refractivity contribution in [2.24, 2.45) is 5.92 Å². The van der Waals surface area contributed by atoms with Gasteiger partial charge in [0.15, 0.2) is 0 Å². The first kappa shape index (κ1) is 11.9. The van der Waals surface area contributed by atoms with Crippen molar-refractivity contribution in [2.45, 2.75) is 20.3 Å². The molecule has 1 aromatic carbocycles. The minimum absolute atomic E-state index is 0.685. The zero-order valence-corrected chi connectivity index (χ0v) is 11.2. The molecule has 0 saturated carbocycles. The number of hydrogen-bond acceptors (Lipinski definition) is 2. The molecule has 3 rings (SSSR count). The largest absolute Gasteiger partial charge is 0.291 e. The van der Waals surface area contributed by atoms with Crippen LogP contribution in [0.15, 0.2) is 48.9 Å². The van der Waals surface area contributed by atoms with Crippen LogP contribution in [0.4, 0.5) is 0 Å². The molecule has 0 N–H and O–H groups in total. The van der Waals surface area contributed by atoms with Crippen LogP contribution in [0.25, 0.3) is 17.0 Å². The fourth-order valence-corrected chi connectivity index (χ4v) is 2.25. The number of nitrogens with zero attached hydrogens (tertiary/aromatic N) is 3. The van der Waals surface area contributed by atoms with Crippen LogP contribution in [-0.2, 0) is 6.42 Å². The Labute approximate surface area is 113 Å². The van der Waals surface area contributed by atoms with E-state index in [1.165, 1.54) is 5.56 Å². The maximum absolute atomic E-state index is 4.53. The average Bonchev–Trinajstić information content (AvgIpc) is 2.82. The Bertz CT molecular complexity index is 648. The van der Waals surface area contributed by atoms with E-state index in [2.05, 4.69) is 48.1 Å². The molecule has 2 heterocycles. The molecule has 96 valence electrons. The van der Waals surface area contributed by atoms with Gasteiger partial charge in [-0.2, -0.15) is 0 Å². The van der Waals surface area contributed by atoms with Gasteiger partial charge in [0.05, 0.1) is 5.69 Å². The highest BCUT2D eigenvalue weighted by molar-refractivity contribution is 5.61. The van der Waals surface area contributed by atoms with E-state index in [9.17, 15) is 0 Å². The normalized spacial score (nSPS) is 11.3. The first-order chi connectivity index (χ1) is 9.22. The van der Waals surface area contributed by atoms with Crippen LogP contribution in [0.2, 0.25) is 0 Å². The molecular weight excluding hydrogens is 234 g/mol. The van der Waals surface area contributed by atoms with Crippen LogP contribution < -0.4 is 0 Å². The van der Waals surface area contributed by atoms with Gasteiger partial charge in [-0.3, -0.25) is 4.40 Å². The molecule has 3 aromatic rings. The molecule has 3 heteroatoms. The van der Waals surface area contributed by atoms with E-state index in [0.29, 0.717) is 5.92 Å². The van der Waals surface area contributed by atoms with Crippen LogP contribution >= 0.6 is 0 Å². The quantitative estimate of drug-likeness (QED) is 0.712. The van der Waals surface area contributed by atoms with Gasteiger partial charge in [0.25, 0.3) is 0 Å². The smallest absolute Gasteiger partial charge is 0.234 e. The highest BCUT2D eigenvalue weighted by Gasteiger charge is 2.05. The average molecular weight is 251 g/mol. The fourth-order valence-electron chi connectivity index (χ4n) is 2.25. The third kappa shape index (κ3) is 2.50. The lowest BCUT2D eigenvalue weighted by Gasteiger charge is -2.05. The summed E-state index contributed by atoms with van der Waals surface area (Å²) < 4.78 is 1.94. The minimum Gasteiger partial charge on any atom is -0.291 e. The van der Waals surface area contributed by atoms with Crippen LogP contribution in [0, 0.1) is 5.92 Å². The summed E-state index contributed by atoms with van der Waals surface area (Å²) in [7, 11) is 0. The van der Waals surface area contributed by atoms with Crippen molar-refractivity contribution in [3.8, 4) is 11.3 Å². The van der Waals surface area contributed by atoms with Crippen molar-refractivity contribution in [2.75, 3.05) is 0 Å². The maximum Gasteiger partial charge on any atom is 0.234 e. The Hall–Kier alpha value is -2.16. The van der Waals surface area contributed by atoms with E-state index < -0.39 is 0 Å². The number of fused-ring (bicyclic) bond motifs is 1. The first-order valence-electron chi connectivity index (χ1n) is 6.61. The maximum atomic E-state index is 4.53. The molecule has 3 nitrogen and oxygen atoms in total. The fraction of sp³-hybridized carbons (Fsp3) is 0.250. The van der Waals surface area contributed by atoms with E-state index in [-0.39, 0.29) is 0 Å². The summed E-state index contributed by atoms with van der Waals surface area (Å²) in [6, 6.07) is 10.6. The summed E-state index contributed by atoms with van der Waals surface area (Å²) in [5.74, 6) is 1.43. The second-order valence-corrected chi connectivity index (χ2v) is 5.25. The van der Waals surface area contributed by atoms with Crippen LogP contribution in [0.1, 0.15) is 19.4 Å². The van der Waals surface area contributed by atoms with E-state index in [1.807, 2.05) is 22.9 Å². The number of aromatic nitrogens is 3. The highest BCUT2D eigenvalue weighted by Crippen LogP contribution is 2.20. The Morgan fingerprint density at radius 1 is 1.16 bits per heavy atom. The van der Waals surface area contributed by atoms with Gasteiger partial charge in [-0.05, 0) is 24.0 Å². The molecule has 0 aliphatic rings. The lowest BCUT2D eigenvalue weighted by molar-refractivity contribution is 0.647. The predicted molar refractivity (Wildman–Crippen MR) is 77.0 cm³/mol. The topological polar surface area (TPSA) is 30.2 Å². The van der Waals surface area contributed by atoms with Crippen LogP contribution in [0.5, 0.6) is 0 Å². The molecule has 0 radical (unpaired) electrons. The number of benzene rings is 1. The first-order valence-corrected chi connectivity index (χ1v) is 6.61. The molecule has 0 bridgehead atoms. The Morgan fingerprint density at radius 3 is 2.63 bits per heavy atom. The van der Waals surface area contributed by atoms with Crippen molar-refractivity contribution in [1.29, 1.82) is 0 Å². The summed E-state index contributed by atoms with van der Waals surface area (Å²) in [6.07, 6.45) is 6.86. The second-order valence-electron chi connectivity index (χ2n) is 5.25. The zero-order chi connectivity index (χ0) is 13.2. The van der Waals surface area contributed by atoms with Crippen molar-refractivity contribution in [1.82, 2.24) is 14.4 Å². The van der Waals surface area contributed by atoms with Gasteiger partial charge in [0.2, 0.25) is 5.78 Å². The van der Waals surface area contributed by atoms with Gasteiger partial charge in [0, 0.05) is 24.2 Å². The molecule has 19 heavy (non-hydrogen) atoms. The van der Waals surface area contributed by atoms with E-state index in [0.717, 1.165) is 23.5 Å². The monoisotopic (exact) mass is 251 g/mol. The summed E-state index contributed by atoms with van der Waals surface area (Å²) in [5, 5.41) is 0. The van der Waals surface area contributed by atoms with Gasteiger partial charge in [0.1, 0.15) is 0 Å². The molecule has 0 saturated heterocycles. The summed E-state index contributed by atoms with van der Waals surface area (Å²) in [4.78, 5) is 8.76. The van der Waals surface area contributed by atoms with Crippen molar-refractivity contribution in [3.05, 3.63) is 54.5 Å².